The lowest BCUT2D eigenvalue weighted by atomic mass is 9.71. The van der Waals surface area contributed by atoms with Gasteiger partial charge in [-0.25, -0.2) is 4.79 Å². The summed E-state index contributed by atoms with van der Waals surface area (Å²) in [5, 5.41) is 3.41. The Morgan fingerprint density at radius 2 is 1.61 bits per heavy atom. The Morgan fingerprint density at radius 1 is 0.972 bits per heavy atom. The number of methoxy groups -OCH3 is 1. The van der Waals surface area contributed by atoms with Gasteiger partial charge in [-0.1, -0.05) is 24.3 Å². The number of hydrogen-bond acceptors (Lipinski definition) is 6. The molecule has 0 radical (unpaired) electrons. The van der Waals surface area contributed by atoms with Crippen LogP contribution in [-0.4, -0.2) is 38.6 Å². The highest BCUT2D eigenvalue weighted by Gasteiger charge is 2.41. The van der Waals surface area contributed by atoms with Crippen LogP contribution < -0.4 is 15.0 Å². The van der Waals surface area contributed by atoms with Gasteiger partial charge in [-0.15, -0.1) is 0 Å². The molecule has 4 rings (SSSR count). The van der Waals surface area contributed by atoms with Gasteiger partial charge < -0.3 is 19.7 Å². The van der Waals surface area contributed by atoms with Gasteiger partial charge in [0.05, 0.1) is 19.3 Å². The predicted octanol–water partition coefficient (Wildman–Crippen LogP) is 5.47. The molecule has 2 unspecified atom stereocenters. The number of benzene rings is 2. The third kappa shape index (κ3) is 4.90. The lowest BCUT2D eigenvalue weighted by molar-refractivity contribution is -0.138. The smallest absolute Gasteiger partial charge is 0.336 e. The first-order valence-corrected chi connectivity index (χ1v) is 12.8. The zero-order chi connectivity index (χ0) is 25.8. The molecule has 36 heavy (non-hydrogen) atoms. The molecule has 0 saturated carbocycles. The van der Waals surface area contributed by atoms with Crippen LogP contribution in [0.3, 0.4) is 0 Å². The molecule has 0 amide bonds. The summed E-state index contributed by atoms with van der Waals surface area (Å²) in [4.78, 5) is 29.1. The topological polar surface area (TPSA) is 67.9 Å². The maximum atomic E-state index is 13.7. The number of nitrogens with one attached hydrogen (secondary N) is 1. The quantitative estimate of drug-likeness (QED) is 0.497. The summed E-state index contributed by atoms with van der Waals surface area (Å²) in [6.45, 7) is 10.1. The van der Waals surface area contributed by atoms with Gasteiger partial charge in [0.2, 0.25) is 0 Å². The van der Waals surface area contributed by atoms with Crippen molar-refractivity contribution in [1.29, 1.82) is 0 Å². The summed E-state index contributed by atoms with van der Waals surface area (Å²) in [5.74, 6) is 0.101. The minimum atomic E-state index is -0.449. The second kappa shape index (κ2) is 11.0. The Kier molecular flexibility index (Phi) is 7.82. The van der Waals surface area contributed by atoms with E-state index < -0.39 is 5.92 Å². The normalized spacial score (nSPS) is 19.5. The van der Waals surface area contributed by atoms with Crippen molar-refractivity contribution in [3.8, 4) is 5.75 Å². The Balaban J connectivity index is 1.75. The molecule has 1 aliphatic carbocycles. The van der Waals surface area contributed by atoms with Crippen molar-refractivity contribution in [2.75, 3.05) is 31.7 Å². The standard InChI is InChI=1S/C30H36N2O4/c1-6-32(7-2)23-13-9-21(10-14-23)28-27(30(34)36-8-3)19(4)31-25-17-22(18-26(33)29(25)28)20-11-15-24(35-5)16-12-20/h9-16,22,28,31H,6-8,17-18H2,1-5H3. The molecule has 0 fully saturated rings. The lowest BCUT2D eigenvalue weighted by Crippen LogP contribution is -2.36. The fraction of sp³-hybridized carbons (Fsp3) is 0.400. The molecular formula is C30H36N2O4. The Hall–Kier alpha value is -3.54. The SMILES string of the molecule is CCOC(=O)C1=C(C)NC2=C(C(=O)CC(c3ccc(OC)cc3)C2)C1c1ccc(N(CC)CC)cc1. The van der Waals surface area contributed by atoms with E-state index in [0.717, 1.165) is 47.0 Å². The van der Waals surface area contributed by atoms with Crippen LogP contribution in [0.1, 0.15) is 63.5 Å². The number of allylic oxidation sites excluding steroid dienone is 3. The minimum Gasteiger partial charge on any atom is -0.497 e. The highest BCUT2D eigenvalue weighted by Crippen LogP contribution is 2.46. The van der Waals surface area contributed by atoms with Crippen molar-refractivity contribution in [3.05, 3.63) is 82.2 Å². The number of esters is 1. The second-order valence-electron chi connectivity index (χ2n) is 9.27. The molecule has 2 aromatic rings. The van der Waals surface area contributed by atoms with E-state index in [0.29, 0.717) is 24.0 Å². The summed E-state index contributed by atoms with van der Waals surface area (Å²) in [7, 11) is 1.65. The van der Waals surface area contributed by atoms with Gasteiger partial charge >= 0.3 is 5.97 Å². The van der Waals surface area contributed by atoms with Gasteiger partial charge in [0.1, 0.15) is 5.75 Å². The van der Waals surface area contributed by atoms with Crippen molar-refractivity contribution in [2.45, 2.75) is 52.4 Å². The first-order valence-electron chi connectivity index (χ1n) is 12.8. The third-order valence-corrected chi connectivity index (χ3v) is 7.27. The average molecular weight is 489 g/mol. The zero-order valence-electron chi connectivity index (χ0n) is 21.9. The number of ether oxygens (including phenoxy) is 2. The van der Waals surface area contributed by atoms with Crippen LogP contribution in [0.4, 0.5) is 5.69 Å². The van der Waals surface area contributed by atoms with E-state index in [1.807, 2.05) is 43.3 Å². The number of dihydropyridines is 1. The van der Waals surface area contributed by atoms with Gasteiger partial charge in [-0.2, -0.15) is 0 Å². The molecule has 0 saturated heterocycles. The van der Waals surface area contributed by atoms with Gasteiger partial charge in [-0.05, 0) is 75.4 Å². The van der Waals surface area contributed by atoms with Crippen LogP contribution >= 0.6 is 0 Å². The van der Waals surface area contributed by atoms with Crippen molar-refractivity contribution >= 4 is 17.4 Å². The van der Waals surface area contributed by atoms with Crippen molar-refractivity contribution in [2.24, 2.45) is 0 Å². The van der Waals surface area contributed by atoms with E-state index in [-0.39, 0.29) is 24.3 Å². The van der Waals surface area contributed by atoms with Gasteiger partial charge in [0.25, 0.3) is 0 Å². The fourth-order valence-corrected chi connectivity index (χ4v) is 5.43. The van der Waals surface area contributed by atoms with Crippen LogP contribution in [0.5, 0.6) is 5.75 Å². The van der Waals surface area contributed by atoms with Crippen LogP contribution in [0.25, 0.3) is 0 Å². The molecule has 6 heteroatoms. The first kappa shape index (κ1) is 25.5. The van der Waals surface area contributed by atoms with Crippen molar-refractivity contribution < 1.29 is 19.1 Å². The average Bonchev–Trinajstić information content (AvgIpc) is 2.89. The second-order valence-corrected chi connectivity index (χ2v) is 9.27. The summed E-state index contributed by atoms with van der Waals surface area (Å²) >= 11 is 0. The molecule has 1 heterocycles. The summed E-state index contributed by atoms with van der Waals surface area (Å²) in [6, 6.07) is 16.2. The van der Waals surface area contributed by atoms with E-state index >= 15 is 0 Å². The summed E-state index contributed by atoms with van der Waals surface area (Å²) in [6.07, 6.45) is 1.10. The first-order chi connectivity index (χ1) is 17.4. The van der Waals surface area contributed by atoms with E-state index in [1.165, 1.54) is 0 Å². The number of nitrogens with zero attached hydrogens (tertiary/aromatic N) is 1. The molecule has 0 aromatic heterocycles. The van der Waals surface area contributed by atoms with Gasteiger partial charge in [0, 0.05) is 48.1 Å². The maximum absolute atomic E-state index is 13.7. The van der Waals surface area contributed by atoms with E-state index in [1.54, 1.807) is 14.0 Å². The Morgan fingerprint density at radius 3 is 2.19 bits per heavy atom. The highest BCUT2D eigenvalue weighted by atomic mass is 16.5. The summed E-state index contributed by atoms with van der Waals surface area (Å²) < 4.78 is 10.7. The zero-order valence-corrected chi connectivity index (χ0v) is 21.9. The number of hydrogen-bond donors (Lipinski definition) is 1. The van der Waals surface area contributed by atoms with Crippen LogP contribution in [0.15, 0.2) is 71.1 Å². The van der Waals surface area contributed by atoms with Crippen LogP contribution in [0.2, 0.25) is 0 Å². The largest absolute Gasteiger partial charge is 0.497 e. The number of carbonyl (C=O) groups excluding carboxylic acids is 2. The third-order valence-electron chi connectivity index (χ3n) is 7.27. The minimum absolute atomic E-state index is 0.0664. The van der Waals surface area contributed by atoms with Gasteiger partial charge in [-0.3, -0.25) is 4.79 Å². The number of ketones is 1. The van der Waals surface area contributed by atoms with Crippen LogP contribution in [-0.2, 0) is 14.3 Å². The number of anilines is 1. The molecule has 0 bridgehead atoms. The summed E-state index contributed by atoms with van der Waals surface area (Å²) in [5.41, 5.74) is 6.00. The van der Waals surface area contributed by atoms with E-state index in [9.17, 15) is 9.59 Å². The van der Waals surface area contributed by atoms with E-state index in [2.05, 4.69) is 36.2 Å². The number of carbonyl (C=O) groups is 2. The monoisotopic (exact) mass is 488 g/mol. The van der Waals surface area contributed by atoms with Gasteiger partial charge in [0.15, 0.2) is 5.78 Å². The number of rotatable bonds is 8. The maximum Gasteiger partial charge on any atom is 0.336 e. The molecule has 2 atom stereocenters. The Bertz CT molecular complexity index is 1170. The van der Waals surface area contributed by atoms with Crippen molar-refractivity contribution in [1.82, 2.24) is 5.32 Å². The Labute approximate surface area is 214 Å². The molecule has 1 N–H and O–H groups in total. The molecule has 6 nitrogen and oxygen atoms in total. The predicted molar refractivity (Wildman–Crippen MR) is 142 cm³/mol. The van der Waals surface area contributed by atoms with Crippen molar-refractivity contribution in [3.63, 3.8) is 0 Å². The molecule has 0 spiro atoms. The lowest BCUT2D eigenvalue weighted by Gasteiger charge is -2.37. The van der Waals surface area contributed by atoms with Crippen LogP contribution in [0, 0.1) is 0 Å². The molecule has 2 aromatic carbocycles. The van der Waals surface area contributed by atoms with E-state index in [4.69, 9.17) is 9.47 Å². The fourth-order valence-electron chi connectivity index (χ4n) is 5.43. The molecule has 190 valence electrons. The highest BCUT2D eigenvalue weighted by molar-refractivity contribution is 6.04. The number of Topliss-reactive ketones (excluding diaryl/α,β-unsaturated/α-hetero) is 1. The molecule has 2 aliphatic rings. The molecular weight excluding hydrogens is 452 g/mol. The molecule has 1 aliphatic heterocycles.